The summed E-state index contributed by atoms with van der Waals surface area (Å²) in [4.78, 5) is 23.2. The minimum absolute atomic E-state index is 0.111. The predicted molar refractivity (Wildman–Crippen MR) is 94.1 cm³/mol. The summed E-state index contributed by atoms with van der Waals surface area (Å²) < 4.78 is 46.6. The van der Waals surface area contributed by atoms with Gasteiger partial charge in [0.05, 0.1) is 11.7 Å². The van der Waals surface area contributed by atoms with Gasteiger partial charge >= 0.3 is 12.5 Å². The van der Waals surface area contributed by atoms with E-state index in [0.29, 0.717) is 16.1 Å². The fraction of sp³-hybridized carbons (Fsp3) is 0.111. The zero-order chi connectivity index (χ0) is 20.5. The predicted octanol–water partition coefficient (Wildman–Crippen LogP) is 4.66. The highest BCUT2D eigenvalue weighted by atomic mass is 35.5. The lowest BCUT2D eigenvalue weighted by Crippen LogP contribution is -2.17. The molecule has 0 unspecified atom stereocenters. The molecule has 0 bridgehead atoms. The summed E-state index contributed by atoms with van der Waals surface area (Å²) in [5.41, 5.74) is 0.353. The van der Waals surface area contributed by atoms with Crippen molar-refractivity contribution in [3.63, 3.8) is 0 Å². The number of aromatic nitrogens is 1. The molecular weight excluding hydrogens is 403 g/mol. The molecular formula is C18H11ClF3NO5. The molecule has 0 aliphatic carbocycles. The van der Waals surface area contributed by atoms with E-state index in [4.69, 9.17) is 16.7 Å². The quantitative estimate of drug-likeness (QED) is 0.629. The van der Waals surface area contributed by atoms with Crippen LogP contribution in [0.15, 0.2) is 53.5 Å². The van der Waals surface area contributed by atoms with Crippen LogP contribution in [0.4, 0.5) is 18.0 Å². The lowest BCUT2D eigenvalue weighted by molar-refractivity contribution is -0.274. The van der Waals surface area contributed by atoms with E-state index < -0.39 is 23.7 Å². The average molecular weight is 414 g/mol. The molecule has 0 amide bonds. The van der Waals surface area contributed by atoms with Crippen molar-refractivity contribution in [3.05, 3.63) is 69.5 Å². The van der Waals surface area contributed by atoms with Crippen LogP contribution in [-0.2, 0) is 6.54 Å². The molecule has 3 rings (SSSR count). The second-order valence-corrected chi connectivity index (χ2v) is 6.11. The van der Waals surface area contributed by atoms with Gasteiger partial charge in [-0.2, -0.15) is 0 Å². The van der Waals surface area contributed by atoms with Crippen molar-refractivity contribution in [1.82, 2.24) is 4.57 Å². The largest absolute Gasteiger partial charge is 0.573 e. The maximum Gasteiger partial charge on any atom is 0.573 e. The van der Waals surface area contributed by atoms with Crippen LogP contribution >= 0.6 is 11.6 Å². The minimum Gasteiger partial charge on any atom is -0.449 e. The van der Waals surface area contributed by atoms with E-state index in [1.807, 2.05) is 0 Å². The Morgan fingerprint density at radius 1 is 1.14 bits per heavy atom. The molecule has 0 aliphatic heterocycles. The number of pyridine rings is 1. The molecule has 0 fully saturated rings. The van der Waals surface area contributed by atoms with Crippen LogP contribution in [0.25, 0.3) is 10.9 Å². The SMILES string of the molecule is O=C(O)Oc1cn(Cc2ccc(OC(F)(F)F)cc2)c2cc(Cl)ccc2c1=O. The van der Waals surface area contributed by atoms with Crippen LogP contribution in [0.1, 0.15) is 5.56 Å². The third-order valence-corrected chi connectivity index (χ3v) is 3.95. The molecule has 1 heterocycles. The lowest BCUT2D eigenvalue weighted by Gasteiger charge is -2.14. The summed E-state index contributed by atoms with van der Waals surface area (Å²) in [7, 11) is 0. The Hall–Kier alpha value is -3.20. The van der Waals surface area contributed by atoms with Crippen molar-refractivity contribution in [2.75, 3.05) is 0 Å². The Balaban J connectivity index is 2.02. The third kappa shape index (κ3) is 4.55. The van der Waals surface area contributed by atoms with Crippen molar-refractivity contribution in [2.24, 2.45) is 0 Å². The first-order valence-corrected chi connectivity index (χ1v) is 8.08. The highest BCUT2D eigenvalue weighted by Gasteiger charge is 2.30. The highest BCUT2D eigenvalue weighted by Crippen LogP contribution is 2.24. The number of carbonyl (C=O) groups is 1. The number of rotatable bonds is 4. The second-order valence-electron chi connectivity index (χ2n) is 5.67. The zero-order valence-electron chi connectivity index (χ0n) is 13.9. The Kier molecular flexibility index (Phi) is 5.19. The van der Waals surface area contributed by atoms with Gasteiger partial charge in [0.2, 0.25) is 5.43 Å². The van der Waals surface area contributed by atoms with Gasteiger partial charge < -0.3 is 19.1 Å². The molecule has 0 radical (unpaired) electrons. The van der Waals surface area contributed by atoms with Crippen LogP contribution in [0.3, 0.4) is 0 Å². The monoisotopic (exact) mass is 413 g/mol. The van der Waals surface area contributed by atoms with E-state index in [-0.39, 0.29) is 17.7 Å². The van der Waals surface area contributed by atoms with Gasteiger partial charge in [0.25, 0.3) is 0 Å². The van der Waals surface area contributed by atoms with Crippen molar-refractivity contribution in [3.8, 4) is 11.5 Å². The van der Waals surface area contributed by atoms with Gasteiger partial charge in [0.1, 0.15) is 5.75 Å². The number of hydrogen-bond acceptors (Lipinski definition) is 4. The first-order valence-electron chi connectivity index (χ1n) is 7.70. The molecule has 1 aromatic heterocycles. The van der Waals surface area contributed by atoms with E-state index in [9.17, 15) is 22.8 Å². The summed E-state index contributed by atoms with van der Waals surface area (Å²) >= 11 is 5.99. The van der Waals surface area contributed by atoms with Gasteiger partial charge in [0, 0.05) is 17.0 Å². The maximum absolute atomic E-state index is 12.4. The van der Waals surface area contributed by atoms with Gasteiger partial charge in [-0.25, -0.2) is 4.79 Å². The number of fused-ring (bicyclic) bond motifs is 1. The van der Waals surface area contributed by atoms with Crippen LogP contribution in [0.5, 0.6) is 11.5 Å². The number of halogens is 4. The fourth-order valence-corrected chi connectivity index (χ4v) is 2.79. The van der Waals surface area contributed by atoms with Crippen LogP contribution < -0.4 is 14.9 Å². The molecule has 0 saturated carbocycles. The number of carboxylic acid groups (broad SMARTS) is 1. The van der Waals surface area contributed by atoms with Crippen molar-refractivity contribution in [1.29, 1.82) is 0 Å². The van der Waals surface area contributed by atoms with E-state index >= 15 is 0 Å². The van der Waals surface area contributed by atoms with Gasteiger partial charge in [-0.15, -0.1) is 13.2 Å². The molecule has 6 nitrogen and oxygen atoms in total. The average Bonchev–Trinajstić information content (AvgIpc) is 2.59. The molecule has 28 heavy (non-hydrogen) atoms. The van der Waals surface area contributed by atoms with Gasteiger partial charge in [-0.3, -0.25) is 4.79 Å². The Bertz CT molecular complexity index is 1090. The molecule has 146 valence electrons. The van der Waals surface area contributed by atoms with Crippen LogP contribution in [0.2, 0.25) is 5.02 Å². The number of ether oxygens (including phenoxy) is 2. The summed E-state index contributed by atoms with van der Waals surface area (Å²) in [6.45, 7) is 0.111. The Morgan fingerprint density at radius 3 is 2.43 bits per heavy atom. The molecule has 0 atom stereocenters. The normalized spacial score (nSPS) is 11.4. The first kappa shape index (κ1) is 19.6. The second kappa shape index (κ2) is 7.43. The van der Waals surface area contributed by atoms with Crippen LogP contribution in [-0.4, -0.2) is 22.2 Å². The topological polar surface area (TPSA) is 77.8 Å². The lowest BCUT2D eigenvalue weighted by atomic mass is 10.1. The Morgan fingerprint density at radius 2 is 1.82 bits per heavy atom. The minimum atomic E-state index is -4.80. The van der Waals surface area contributed by atoms with Gasteiger partial charge in [0.15, 0.2) is 5.75 Å². The summed E-state index contributed by atoms with van der Waals surface area (Å²) in [5, 5.41) is 9.34. The van der Waals surface area contributed by atoms with Crippen molar-refractivity contribution in [2.45, 2.75) is 12.9 Å². The smallest absolute Gasteiger partial charge is 0.449 e. The van der Waals surface area contributed by atoms with Gasteiger partial charge in [-0.1, -0.05) is 23.7 Å². The van der Waals surface area contributed by atoms with E-state index in [2.05, 4.69) is 9.47 Å². The molecule has 1 N–H and O–H groups in total. The van der Waals surface area contributed by atoms with E-state index in [0.717, 1.165) is 12.1 Å². The number of benzene rings is 2. The number of hydrogen-bond donors (Lipinski definition) is 1. The summed E-state index contributed by atoms with van der Waals surface area (Å²) in [6, 6.07) is 9.55. The van der Waals surface area contributed by atoms with Crippen LogP contribution in [0, 0.1) is 0 Å². The summed E-state index contributed by atoms with van der Waals surface area (Å²) in [6.07, 6.45) is -5.24. The third-order valence-electron chi connectivity index (χ3n) is 3.72. The van der Waals surface area contributed by atoms with Crippen molar-refractivity contribution < 1.29 is 32.5 Å². The molecule has 10 heteroatoms. The molecule has 0 aliphatic rings. The highest BCUT2D eigenvalue weighted by molar-refractivity contribution is 6.31. The molecule has 0 spiro atoms. The Labute approximate surface area is 160 Å². The van der Waals surface area contributed by atoms with Crippen molar-refractivity contribution >= 4 is 28.7 Å². The zero-order valence-corrected chi connectivity index (χ0v) is 14.6. The maximum atomic E-state index is 12.4. The summed E-state index contributed by atoms with van der Waals surface area (Å²) in [5.74, 6) is -0.779. The van der Waals surface area contributed by atoms with Gasteiger partial charge in [-0.05, 0) is 35.9 Å². The number of alkyl halides is 3. The standard InChI is InChI=1S/C18H11ClF3NO5/c19-11-3-6-13-14(7-11)23(9-15(16(13)24)27-17(25)26)8-10-1-4-12(5-2-10)28-18(20,21)22/h1-7,9H,8H2,(H,25,26). The molecule has 2 aromatic carbocycles. The van der Waals surface area contributed by atoms with E-state index in [1.165, 1.54) is 41.1 Å². The molecule has 3 aromatic rings. The molecule has 0 saturated heterocycles. The fourth-order valence-electron chi connectivity index (χ4n) is 2.63. The number of nitrogens with zero attached hydrogens (tertiary/aromatic N) is 1. The first-order chi connectivity index (χ1) is 13.1. The van der Waals surface area contributed by atoms with E-state index in [1.54, 1.807) is 0 Å².